The molecule has 1 N–H and O–H groups in total. The van der Waals surface area contributed by atoms with Crippen molar-refractivity contribution in [3.8, 4) is 0 Å². The third-order valence-corrected chi connectivity index (χ3v) is 3.84. The molecule has 16 heavy (non-hydrogen) atoms. The van der Waals surface area contributed by atoms with Crippen molar-refractivity contribution in [3.05, 3.63) is 22.4 Å². The third kappa shape index (κ3) is 5.13. The molecule has 0 radical (unpaired) electrons. The Labute approximate surface area is 104 Å². The van der Waals surface area contributed by atoms with E-state index >= 15 is 0 Å². The van der Waals surface area contributed by atoms with Gasteiger partial charge in [-0.25, -0.2) is 0 Å². The average molecular weight is 239 g/mol. The molecule has 0 amide bonds. The van der Waals surface area contributed by atoms with Crippen LogP contribution >= 0.6 is 11.3 Å². The zero-order valence-corrected chi connectivity index (χ0v) is 11.5. The number of rotatable bonds is 9. The van der Waals surface area contributed by atoms with Crippen molar-refractivity contribution in [1.29, 1.82) is 0 Å². The van der Waals surface area contributed by atoms with E-state index in [2.05, 4.69) is 36.1 Å². The molecule has 0 aliphatic carbocycles. The first-order valence-electron chi connectivity index (χ1n) is 6.57. The van der Waals surface area contributed by atoms with Gasteiger partial charge in [-0.3, -0.25) is 0 Å². The molecule has 0 spiro atoms. The lowest BCUT2D eigenvalue weighted by atomic mass is 10.0. The molecule has 1 unspecified atom stereocenters. The van der Waals surface area contributed by atoms with Gasteiger partial charge < -0.3 is 5.32 Å². The van der Waals surface area contributed by atoms with E-state index in [1.54, 1.807) is 11.3 Å². The van der Waals surface area contributed by atoms with Gasteiger partial charge in [-0.1, -0.05) is 45.4 Å². The van der Waals surface area contributed by atoms with Crippen molar-refractivity contribution < 1.29 is 0 Å². The second kappa shape index (κ2) is 8.77. The summed E-state index contributed by atoms with van der Waals surface area (Å²) in [5.74, 6) is 0. The second-order valence-electron chi connectivity index (χ2n) is 4.45. The van der Waals surface area contributed by atoms with Gasteiger partial charge in [0.2, 0.25) is 0 Å². The van der Waals surface area contributed by atoms with E-state index in [1.165, 1.54) is 50.5 Å². The molecule has 1 nitrogen and oxygen atoms in total. The predicted octanol–water partition coefficient (Wildman–Crippen LogP) is 4.76. The topological polar surface area (TPSA) is 12.0 Å². The Bertz CT molecular complexity index is 243. The lowest BCUT2D eigenvalue weighted by Crippen LogP contribution is -2.15. The minimum atomic E-state index is 0.567. The zero-order valence-electron chi connectivity index (χ0n) is 10.7. The normalized spacial score (nSPS) is 12.9. The van der Waals surface area contributed by atoms with E-state index in [0.29, 0.717) is 6.04 Å². The molecule has 0 bridgehead atoms. The monoisotopic (exact) mass is 239 g/mol. The molecule has 0 aromatic carbocycles. The fourth-order valence-corrected chi connectivity index (χ4v) is 2.79. The molecule has 0 saturated carbocycles. The van der Waals surface area contributed by atoms with Gasteiger partial charge in [-0.15, -0.1) is 0 Å². The van der Waals surface area contributed by atoms with Crippen LogP contribution in [-0.4, -0.2) is 7.05 Å². The maximum absolute atomic E-state index is 3.41. The first kappa shape index (κ1) is 13.7. The highest BCUT2D eigenvalue weighted by Gasteiger charge is 2.08. The van der Waals surface area contributed by atoms with Crippen LogP contribution in [0.1, 0.15) is 63.5 Å². The third-order valence-electron chi connectivity index (χ3n) is 3.14. The van der Waals surface area contributed by atoms with Gasteiger partial charge in [0.1, 0.15) is 0 Å². The number of hydrogen-bond donors (Lipinski definition) is 1. The van der Waals surface area contributed by atoms with E-state index in [1.807, 2.05) is 0 Å². The van der Waals surface area contributed by atoms with E-state index in [9.17, 15) is 0 Å². The number of unbranched alkanes of at least 4 members (excludes halogenated alkanes) is 5. The van der Waals surface area contributed by atoms with Gasteiger partial charge in [0.25, 0.3) is 0 Å². The number of nitrogens with one attached hydrogen (secondary N) is 1. The summed E-state index contributed by atoms with van der Waals surface area (Å²) < 4.78 is 0. The Kier molecular flexibility index (Phi) is 7.52. The number of hydrogen-bond acceptors (Lipinski definition) is 2. The smallest absolute Gasteiger partial charge is 0.0325 e. The fourth-order valence-electron chi connectivity index (χ4n) is 2.08. The van der Waals surface area contributed by atoms with Crippen LogP contribution in [0.15, 0.2) is 16.8 Å². The van der Waals surface area contributed by atoms with E-state index in [0.717, 1.165) is 0 Å². The van der Waals surface area contributed by atoms with Crippen LogP contribution in [0.25, 0.3) is 0 Å². The summed E-state index contributed by atoms with van der Waals surface area (Å²) in [7, 11) is 2.07. The van der Waals surface area contributed by atoms with Gasteiger partial charge in [0.05, 0.1) is 0 Å². The largest absolute Gasteiger partial charge is 0.313 e. The van der Waals surface area contributed by atoms with Crippen LogP contribution in [0, 0.1) is 0 Å². The van der Waals surface area contributed by atoms with Crippen molar-refractivity contribution in [3.63, 3.8) is 0 Å². The lowest BCUT2D eigenvalue weighted by molar-refractivity contribution is 0.499. The van der Waals surface area contributed by atoms with E-state index in [4.69, 9.17) is 0 Å². The number of thiophene rings is 1. The highest BCUT2D eigenvalue weighted by molar-refractivity contribution is 7.07. The molecule has 92 valence electrons. The van der Waals surface area contributed by atoms with Crippen LogP contribution in [0.2, 0.25) is 0 Å². The van der Waals surface area contributed by atoms with Gasteiger partial charge in [-0.05, 0) is 35.9 Å². The Morgan fingerprint density at radius 3 is 2.56 bits per heavy atom. The maximum Gasteiger partial charge on any atom is 0.0325 e. The van der Waals surface area contributed by atoms with Crippen molar-refractivity contribution in [1.82, 2.24) is 5.32 Å². The summed E-state index contributed by atoms with van der Waals surface area (Å²) in [6.45, 7) is 2.27. The summed E-state index contributed by atoms with van der Waals surface area (Å²) in [5, 5.41) is 7.84. The van der Waals surface area contributed by atoms with Crippen LogP contribution in [0.4, 0.5) is 0 Å². The second-order valence-corrected chi connectivity index (χ2v) is 5.23. The van der Waals surface area contributed by atoms with Crippen molar-refractivity contribution in [2.75, 3.05) is 7.05 Å². The van der Waals surface area contributed by atoms with Crippen molar-refractivity contribution >= 4 is 11.3 Å². The maximum atomic E-state index is 3.41. The Hall–Kier alpha value is -0.340. The van der Waals surface area contributed by atoms with Crippen LogP contribution in [0.3, 0.4) is 0 Å². The zero-order chi connectivity index (χ0) is 11.6. The minimum Gasteiger partial charge on any atom is -0.313 e. The molecular weight excluding hydrogens is 214 g/mol. The first-order chi connectivity index (χ1) is 7.88. The minimum absolute atomic E-state index is 0.567. The van der Waals surface area contributed by atoms with Crippen molar-refractivity contribution in [2.24, 2.45) is 0 Å². The molecule has 0 aliphatic rings. The Morgan fingerprint density at radius 1 is 1.19 bits per heavy atom. The molecule has 0 fully saturated rings. The van der Waals surface area contributed by atoms with Crippen LogP contribution in [-0.2, 0) is 0 Å². The molecule has 1 heterocycles. The standard InChI is InChI=1S/C14H25NS/c1-3-4-5-6-7-8-9-14(15-2)13-10-11-16-12-13/h10-12,14-15H,3-9H2,1-2H3. The van der Waals surface area contributed by atoms with Gasteiger partial charge in [0.15, 0.2) is 0 Å². The summed E-state index contributed by atoms with van der Waals surface area (Å²) >= 11 is 1.79. The summed E-state index contributed by atoms with van der Waals surface area (Å²) in [5.41, 5.74) is 1.46. The lowest BCUT2D eigenvalue weighted by Gasteiger charge is -2.14. The Morgan fingerprint density at radius 2 is 1.94 bits per heavy atom. The fraction of sp³-hybridized carbons (Fsp3) is 0.714. The van der Waals surface area contributed by atoms with Crippen LogP contribution < -0.4 is 5.32 Å². The average Bonchev–Trinajstić information content (AvgIpc) is 2.82. The molecule has 0 saturated heterocycles. The molecule has 0 aliphatic heterocycles. The van der Waals surface area contributed by atoms with Gasteiger partial charge in [-0.2, -0.15) is 11.3 Å². The molecule has 2 heteroatoms. The summed E-state index contributed by atoms with van der Waals surface area (Å²) in [4.78, 5) is 0. The van der Waals surface area contributed by atoms with Crippen LogP contribution in [0.5, 0.6) is 0 Å². The Balaban J connectivity index is 2.11. The molecular formula is C14H25NS. The van der Waals surface area contributed by atoms with Crippen molar-refractivity contribution in [2.45, 2.75) is 57.9 Å². The molecule has 1 rings (SSSR count). The SMILES string of the molecule is CCCCCCCCC(NC)c1ccsc1. The van der Waals surface area contributed by atoms with E-state index in [-0.39, 0.29) is 0 Å². The predicted molar refractivity (Wildman–Crippen MR) is 74.1 cm³/mol. The molecule has 1 aromatic heterocycles. The summed E-state index contributed by atoms with van der Waals surface area (Å²) in [6.07, 6.45) is 9.59. The first-order valence-corrected chi connectivity index (χ1v) is 7.52. The summed E-state index contributed by atoms with van der Waals surface area (Å²) in [6, 6.07) is 2.81. The van der Waals surface area contributed by atoms with E-state index < -0.39 is 0 Å². The highest BCUT2D eigenvalue weighted by atomic mass is 32.1. The molecule has 1 aromatic rings. The van der Waals surface area contributed by atoms with Gasteiger partial charge in [0, 0.05) is 6.04 Å². The quantitative estimate of drug-likeness (QED) is 0.613. The van der Waals surface area contributed by atoms with Gasteiger partial charge >= 0.3 is 0 Å². The highest BCUT2D eigenvalue weighted by Crippen LogP contribution is 2.22. The molecule has 1 atom stereocenters.